The maximum Gasteiger partial charge on any atom is 0.314 e. The zero-order valence-electron chi connectivity index (χ0n) is 11.7. The molecule has 0 saturated carbocycles. The molecular weight excluding hydrogens is 248 g/mol. The van der Waals surface area contributed by atoms with E-state index in [1.54, 1.807) is 0 Å². The highest BCUT2D eigenvalue weighted by Crippen LogP contribution is 2.29. The van der Waals surface area contributed by atoms with Gasteiger partial charge in [0, 0.05) is 25.1 Å². The van der Waals surface area contributed by atoms with Gasteiger partial charge < -0.3 is 20.5 Å². The first-order chi connectivity index (χ1) is 8.92. The lowest BCUT2D eigenvalue weighted by atomic mass is 9.82. The lowest BCUT2D eigenvalue weighted by Gasteiger charge is -2.36. The van der Waals surface area contributed by atoms with Crippen LogP contribution < -0.4 is 10.6 Å². The molecule has 1 saturated heterocycles. The maximum atomic E-state index is 11.5. The molecule has 1 rings (SSSR count). The van der Waals surface area contributed by atoms with Gasteiger partial charge in [-0.15, -0.1) is 0 Å². The van der Waals surface area contributed by atoms with Crippen molar-refractivity contribution in [1.29, 1.82) is 0 Å². The zero-order valence-corrected chi connectivity index (χ0v) is 11.7. The number of amides is 2. The molecule has 3 N–H and O–H groups in total. The predicted molar refractivity (Wildman–Crippen MR) is 71.0 cm³/mol. The first kappa shape index (κ1) is 15.8. The molecule has 6 nitrogen and oxygen atoms in total. The molecule has 1 unspecified atom stereocenters. The van der Waals surface area contributed by atoms with Crippen LogP contribution in [0.25, 0.3) is 0 Å². The quantitative estimate of drug-likeness (QED) is 0.681. The topological polar surface area (TPSA) is 87.7 Å². The van der Waals surface area contributed by atoms with Crippen LogP contribution in [0.4, 0.5) is 4.79 Å². The van der Waals surface area contributed by atoms with Crippen LogP contribution in [0.5, 0.6) is 0 Å². The minimum Gasteiger partial charge on any atom is -0.481 e. The number of carbonyl (C=O) groups is 2. The van der Waals surface area contributed by atoms with Crippen molar-refractivity contribution in [2.45, 2.75) is 45.6 Å². The number of carboxylic acids is 1. The van der Waals surface area contributed by atoms with Gasteiger partial charge in [0.15, 0.2) is 0 Å². The molecule has 1 heterocycles. The normalized spacial score (nSPS) is 19.8. The molecule has 110 valence electrons. The highest BCUT2D eigenvalue weighted by Gasteiger charge is 2.31. The van der Waals surface area contributed by atoms with Crippen molar-refractivity contribution < 1.29 is 19.4 Å². The summed E-state index contributed by atoms with van der Waals surface area (Å²) in [5, 5.41) is 13.8. The molecule has 6 heteroatoms. The minimum atomic E-state index is -0.920. The van der Waals surface area contributed by atoms with Crippen LogP contribution in [0, 0.1) is 5.41 Å². The second kappa shape index (κ2) is 7.33. The highest BCUT2D eigenvalue weighted by molar-refractivity contribution is 5.75. The van der Waals surface area contributed by atoms with Crippen LogP contribution in [-0.2, 0) is 9.53 Å². The van der Waals surface area contributed by atoms with E-state index in [4.69, 9.17) is 9.84 Å². The summed E-state index contributed by atoms with van der Waals surface area (Å²) in [5.74, 6) is -0.920. The third-order valence-corrected chi connectivity index (χ3v) is 3.38. The summed E-state index contributed by atoms with van der Waals surface area (Å²) in [5.41, 5.74) is -0.120. The Labute approximate surface area is 113 Å². The Bertz CT molecular complexity index is 312. The van der Waals surface area contributed by atoms with E-state index in [-0.39, 0.29) is 30.5 Å². The molecule has 0 bridgehead atoms. The number of ether oxygens (including phenoxy) is 1. The molecule has 1 aliphatic rings. The molecule has 0 aliphatic carbocycles. The average Bonchev–Trinajstić information content (AvgIpc) is 2.37. The third kappa shape index (κ3) is 5.92. The fraction of sp³-hybridized carbons (Fsp3) is 0.846. The van der Waals surface area contributed by atoms with E-state index >= 15 is 0 Å². The van der Waals surface area contributed by atoms with Crippen LogP contribution in [0.1, 0.15) is 39.5 Å². The zero-order chi connectivity index (χ0) is 14.3. The molecule has 0 aromatic rings. The Morgan fingerprint density at radius 1 is 1.32 bits per heavy atom. The van der Waals surface area contributed by atoms with Gasteiger partial charge in [-0.25, -0.2) is 4.79 Å². The molecule has 0 aromatic heterocycles. The van der Waals surface area contributed by atoms with Gasteiger partial charge in [0.2, 0.25) is 0 Å². The van der Waals surface area contributed by atoms with Gasteiger partial charge in [0.1, 0.15) is 0 Å². The second-order valence-corrected chi connectivity index (χ2v) is 5.60. The number of urea groups is 1. The standard InChI is InChI=1S/C13H24N2O4/c1-13(2,10-5-3-4-8-19-10)9-15-12(18)14-7-6-11(16)17/h10H,3-9H2,1-2H3,(H,16,17)(H2,14,15,18). The Kier molecular flexibility index (Phi) is 6.08. The molecule has 2 amide bonds. The van der Waals surface area contributed by atoms with E-state index < -0.39 is 5.97 Å². The summed E-state index contributed by atoms with van der Waals surface area (Å²) in [7, 11) is 0. The summed E-state index contributed by atoms with van der Waals surface area (Å²) in [6, 6.07) is -0.329. The van der Waals surface area contributed by atoms with Crippen LogP contribution in [0.2, 0.25) is 0 Å². The van der Waals surface area contributed by atoms with Crippen LogP contribution >= 0.6 is 0 Å². The minimum absolute atomic E-state index is 0.0669. The van der Waals surface area contributed by atoms with Crippen LogP contribution in [0.3, 0.4) is 0 Å². The fourth-order valence-electron chi connectivity index (χ4n) is 2.12. The lowest BCUT2D eigenvalue weighted by Crippen LogP contribution is -2.46. The first-order valence-corrected chi connectivity index (χ1v) is 6.77. The van der Waals surface area contributed by atoms with E-state index in [2.05, 4.69) is 24.5 Å². The van der Waals surface area contributed by atoms with Crippen molar-refractivity contribution in [3.8, 4) is 0 Å². The Morgan fingerprint density at radius 2 is 2.05 bits per heavy atom. The lowest BCUT2D eigenvalue weighted by molar-refractivity contribution is -0.136. The predicted octanol–water partition coefficient (Wildman–Crippen LogP) is 1.36. The van der Waals surface area contributed by atoms with Crippen LogP contribution in [0.15, 0.2) is 0 Å². The van der Waals surface area contributed by atoms with Crippen molar-refractivity contribution >= 4 is 12.0 Å². The van der Waals surface area contributed by atoms with Gasteiger partial charge in [-0.3, -0.25) is 4.79 Å². The van der Waals surface area contributed by atoms with Crippen LogP contribution in [-0.4, -0.2) is 42.9 Å². The SMILES string of the molecule is CC(C)(CNC(=O)NCCC(=O)O)C1CCCCO1. The summed E-state index contributed by atoms with van der Waals surface area (Å²) >= 11 is 0. The number of nitrogens with one attached hydrogen (secondary N) is 2. The molecule has 0 radical (unpaired) electrons. The Hall–Kier alpha value is -1.30. The number of carboxylic acid groups (broad SMARTS) is 1. The Morgan fingerprint density at radius 3 is 2.63 bits per heavy atom. The highest BCUT2D eigenvalue weighted by atomic mass is 16.5. The summed E-state index contributed by atoms with van der Waals surface area (Å²) in [4.78, 5) is 21.8. The van der Waals surface area contributed by atoms with Gasteiger partial charge in [-0.2, -0.15) is 0 Å². The monoisotopic (exact) mass is 272 g/mol. The second-order valence-electron chi connectivity index (χ2n) is 5.60. The number of hydrogen-bond acceptors (Lipinski definition) is 3. The summed E-state index contributed by atoms with van der Waals surface area (Å²) < 4.78 is 5.74. The van der Waals surface area contributed by atoms with Crippen molar-refractivity contribution in [2.24, 2.45) is 5.41 Å². The maximum absolute atomic E-state index is 11.5. The summed E-state index contributed by atoms with van der Waals surface area (Å²) in [6.45, 7) is 5.58. The number of hydrogen-bond donors (Lipinski definition) is 3. The molecular formula is C13H24N2O4. The van der Waals surface area contributed by atoms with Crippen molar-refractivity contribution in [3.05, 3.63) is 0 Å². The fourth-order valence-corrected chi connectivity index (χ4v) is 2.12. The smallest absolute Gasteiger partial charge is 0.314 e. The van der Waals surface area contributed by atoms with Gasteiger partial charge in [-0.05, 0) is 19.3 Å². The van der Waals surface area contributed by atoms with E-state index in [0.717, 1.165) is 19.4 Å². The van der Waals surface area contributed by atoms with Gasteiger partial charge in [0.25, 0.3) is 0 Å². The third-order valence-electron chi connectivity index (χ3n) is 3.38. The first-order valence-electron chi connectivity index (χ1n) is 6.77. The van der Waals surface area contributed by atoms with Gasteiger partial charge >= 0.3 is 12.0 Å². The largest absolute Gasteiger partial charge is 0.481 e. The number of aliphatic carboxylic acids is 1. The van der Waals surface area contributed by atoms with E-state index in [1.165, 1.54) is 6.42 Å². The van der Waals surface area contributed by atoms with Gasteiger partial charge in [0.05, 0.1) is 12.5 Å². The number of carbonyl (C=O) groups excluding carboxylic acids is 1. The molecule has 0 aromatic carbocycles. The van der Waals surface area contributed by atoms with Crippen molar-refractivity contribution in [1.82, 2.24) is 10.6 Å². The molecule has 19 heavy (non-hydrogen) atoms. The summed E-state index contributed by atoms with van der Waals surface area (Å²) in [6.07, 6.45) is 3.40. The average molecular weight is 272 g/mol. The van der Waals surface area contributed by atoms with E-state index in [0.29, 0.717) is 6.54 Å². The van der Waals surface area contributed by atoms with Crippen molar-refractivity contribution in [3.63, 3.8) is 0 Å². The van der Waals surface area contributed by atoms with Crippen molar-refractivity contribution in [2.75, 3.05) is 19.7 Å². The molecule has 1 fully saturated rings. The van der Waals surface area contributed by atoms with E-state index in [9.17, 15) is 9.59 Å². The number of rotatable bonds is 6. The van der Waals surface area contributed by atoms with Gasteiger partial charge in [-0.1, -0.05) is 13.8 Å². The molecule has 0 spiro atoms. The molecule has 1 aliphatic heterocycles. The van der Waals surface area contributed by atoms with E-state index in [1.807, 2.05) is 0 Å². The Balaban J connectivity index is 2.25. The molecule has 1 atom stereocenters.